The van der Waals surface area contributed by atoms with E-state index in [1.807, 2.05) is 12.1 Å². The zero-order chi connectivity index (χ0) is 24.8. The van der Waals surface area contributed by atoms with Gasteiger partial charge in [0.25, 0.3) is 16.8 Å². The molecule has 0 unspecified atom stereocenters. The summed E-state index contributed by atoms with van der Waals surface area (Å²) in [5.41, 5.74) is 3.50. The summed E-state index contributed by atoms with van der Waals surface area (Å²) in [7, 11) is -4.46. The van der Waals surface area contributed by atoms with Crippen LogP contribution in [0.1, 0.15) is 5.56 Å². The average Bonchev–Trinajstić information content (AvgIpc) is 3.26. The van der Waals surface area contributed by atoms with Crippen LogP contribution in [-0.4, -0.2) is 36.2 Å². The standard InChI is InChI=1S/C22H16N4O7S2/c27-21(14-34-22-24-17-8-1-3-10-19(17)32-22)25-23-13-15-6-5-7-16(12-15)33-35(30,31)20-11-4-2-9-18(20)26(28)29/h1-13H,14H2,(H,25,27)/b23-13-. The number of para-hydroxylation sites is 3. The minimum absolute atomic E-state index is 0.0153. The molecular weight excluding hydrogens is 496 g/mol. The summed E-state index contributed by atoms with van der Waals surface area (Å²) in [4.78, 5) is 26.1. The van der Waals surface area contributed by atoms with Gasteiger partial charge < -0.3 is 8.60 Å². The van der Waals surface area contributed by atoms with Gasteiger partial charge in [0.2, 0.25) is 0 Å². The number of carbonyl (C=O) groups is 1. The van der Waals surface area contributed by atoms with Gasteiger partial charge in [0.1, 0.15) is 11.3 Å². The Balaban J connectivity index is 1.36. The number of fused-ring (bicyclic) bond motifs is 1. The van der Waals surface area contributed by atoms with Gasteiger partial charge in [-0.15, -0.1) is 0 Å². The summed E-state index contributed by atoms with van der Waals surface area (Å²) in [6.07, 6.45) is 1.30. The van der Waals surface area contributed by atoms with E-state index in [-0.39, 0.29) is 11.5 Å². The number of hydrazone groups is 1. The molecular formula is C22H16N4O7S2. The molecule has 0 aliphatic rings. The van der Waals surface area contributed by atoms with E-state index >= 15 is 0 Å². The molecule has 0 atom stereocenters. The van der Waals surface area contributed by atoms with E-state index in [2.05, 4.69) is 15.5 Å². The fourth-order valence-electron chi connectivity index (χ4n) is 2.89. The molecule has 1 N–H and O–H groups in total. The Bertz CT molecular complexity index is 1500. The third-order valence-electron chi connectivity index (χ3n) is 4.40. The minimum atomic E-state index is -4.46. The Morgan fingerprint density at radius 1 is 1.14 bits per heavy atom. The van der Waals surface area contributed by atoms with Gasteiger partial charge in [0.05, 0.1) is 16.9 Å². The lowest BCUT2D eigenvalue weighted by Gasteiger charge is -2.08. The fourth-order valence-corrected chi connectivity index (χ4v) is 4.61. The largest absolute Gasteiger partial charge is 0.431 e. The van der Waals surface area contributed by atoms with Crippen molar-refractivity contribution in [2.75, 3.05) is 5.75 Å². The van der Waals surface area contributed by atoms with Crippen molar-refractivity contribution < 1.29 is 26.7 Å². The Kier molecular flexibility index (Phi) is 7.08. The van der Waals surface area contributed by atoms with Crippen LogP contribution in [0.25, 0.3) is 11.1 Å². The van der Waals surface area contributed by atoms with Gasteiger partial charge in [0, 0.05) is 6.07 Å². The van der Waals surface area contributed by atoms with E-state index < -0.39 is 31.5 Å². The maximum absolute atomic E-state index is 12.6. The predicted octanol–water partition coefficient (Wildman–Crippen LogP) is 3.75. The SMILES string of the molecule is O=C(CSc1nc2ccccc2o1)N/N=C\c1cccc(OS(=O)(=O)c2ccccc2[N+](=O)[O-])c1. The van der Waals surface area contributed by atoms with Crippen LogP contribution in [0.4, 0.5) is 5.69 Å². The maximum Gasteiger partial charge on any atom is 0.346 e. The van der Waals surface area contributed by atoms with Gasteiger partial charge >= 0.3 is 10.1 Å². The molecule has 0 aliphatic carbocycles. The number of hydrogen-bond donors (Lipinski definition) is 1. The summed E-state index contributed by atoms with van der Waals surface area (Å²) >= 11 is 1.11. The second-order valence-electron chi connectivity index (χ2n) is 6.86. The van der Waals surface area contributed by atoms with Crippen molar-refractivity contribution >= 4 is 50.8 Å². The summed E-state index contributed by atoms with van der Waals surface area (Å²) < 4.78 is 35.7. The normalized spacial score (nSPS) is 11.5. The molecule has 178 valence electrons. The highest BCUT2D eigenvalue weighted by Gasteiger charge is 2.27. The molecule has 11 nitrogen and oxygen atoms in total. The van der Waals surface area contributed by atoms with Crippen LogP contribution in [0.15, 0.2) is 92.4 Å². The van der Waals surface area contributed by atoms with Gasteiger partial charge in [-0.25, -0.2) is 10.4 Å². The molecule has 4 aromatic rings. The van der Waals surface area contributed by atoms with Crippen molar-refractivity contribution in [3.63, 3.8) is 0 Å². The van der Waals surface area contributed by atoms with Crippen LogP contribution in [-0.2, 0) is 14.9 Å². The van der Waals surface area contributed by atoms with Gasteiger partial charge in [-0.3, -0.25) is 14.9 Å². The second kappa shape index (κ2) is 10.4. The summed E-state index contributed by atoms with van der Waals surface area (Å²) in [6.45, 7) is 0. The third-order valence-corrected chi connectivity index (χ3v) is 6.52. The number of oxazole rings is 1. The van der Waals surface area contributed by atoms with Gasteiger partial charge in [-0.1, -0.05) is 48.2 Å². The molecule has 13 heteroatoms. The maximum atomic E-state index is 12.6. The Morgan fingerprint density at radius 2 is 1.91 bits per heavy atom. The number of amides is 1. The summed E-state index contributed by atoms with van der Waals surface area (Å²) in [6, 6.07) is 18.0. The smallest absolute Gasteiger partial charge is 0.346 e. The molecule has 0 aliphatic heterocycles. The number of nitro benzene ring substituents is 1. The average molecular weight is 513 g/mol. The highest BCUT2D eigenvalue weighted by Crippen LogP contribution is 2.27. The lowest BCUT2D eigenvalue weighted by molar-refractivity contribution is -0.387. The van der Waals surface area contributed by atoms with Crippen LogP contribution in [0.5, 0.6) is 5.75 Å². The zero-order valence-electron chi connectivity index (χ0n) is 17.7. The van der Waals surface area contributed by atoms with Crippen molar-refractivity contribution in [2.45, 2.75) is 10.1 Å². The Labute approximate surface area is 203 Å². The number of carbonyl (C=O) groups excluding carboxylic acids is 1. The molecule has 35 heavy (non-hydrogen) atoms. The number of nitrogens with zero attached hydrogens (tertiary/aromatic N) is 3. The number of benzene rings is 3. The molecule has 1 aromatic heterocycles. The Morgan fingerprint density at radius 3 is 2.71 bits per heavy atom. The molecule has 1 heterocycles. The number of nitro groups is 1. The molecule has 0 fully saturated rings. The van der Waals surface area contributed by atoms with Crippen molar-refractivity contribution in [3.8, 4) is 5.75 Å². The lowest BCUT2D eigenvalue weighted by atomic mass is 10.2. The molecule has 0 spiro atoms. The molecule has 4 rings (SSSR count). The fraction of sp³-hybridized carbons (Fsp3) is 0.0455. The first-order chi connectivity index (χ1) is 16.8. The van der Waals surface area contributed by atoms with Crippen LogP contribution < -0.4 is 9.61 Å². The van der Waals surface area contributed by atoms with Crippen LogP contribution in [0.2, 0.25) is 0 Å². The predicted molar refractivity (Wildman–Crippen MR) is 128 cm³/mol. The van der Waals surface area contributed by atoms with Gasteiger partial charge in [-0.05, 0) is 35.9 Å². The van der Waals surface area contributed by atoms with E-state index in [0.717, 1.165) is 23.9 Å². The molecule has 3 aromatic carbocycles. The molecule has 1 amide bonds. The lowest BCUT2D eigenvalue weighted by Crippen LogP contribution is -2.19. The van der Waals surface area contributed by atoms with Crippen LogP contribution in [0.3, 0.4) is 0 Å². The van der Waals surface area contributed by atoms with Crippen LogP contribution in [0, 0.1) is 10.1 Å². The van der Waals surface area contributed by atoms with E-state index in [0.29, 0.717) is 21.9 Å². The highest BCUT2D eigenvalue weighted by atomic mass is 32.2. The third kappa shape index (κ3) is 6.02. The number of aromatic nitrogens is 1. The summed E-state index contributed by atoms with van der Waals surface area (Å²) in [5, 5.41) is 15.3. The number of nitrogens with one attached hydrogen (secondary N) is 1. The van der Waals surface area contributed by atoms with Gasteiger partial charge in [0.15, 0.2) is 10.5 Å². The molecule has 0 bridgehead atoms. The van der Waals surface area contributed by atoms with Crippen molar-refractivity contribution in [3.05, 3.63) is 88.5 Å². The topological polar surface area (TPSA) is 154 Å². The van der Waals surface area contributed by atoms with Crippen LogP contribution >= 0.6 is 11.8 Å². The molecule has 0 radical (unpaired) electrons. The van der Waals surface area contributed by atoms with Crippen molar-refractivity contribution in [2.24, 2.45) is 5.10 Å². The number of rotatable bonds is 9. The van der Waals surface area contributed by atoms with E-state index in [9.17, 15) is 23.3 Å². The highest BCUT2D eigenvalue weighted by molar-refractivity contribution is 7.99. The zero-order valence-corrected chi connectivity index (χ0v) is 19.4. The number of thioether (sulfide) groups is 1. The first kappa shape index (κ1) is 23.9. The van der Waals surface area contributed by atoms with Crippen molar-refractivity contribution in [1.82, 2.24) is 10.4 Å². The first-order valence-electron chi connectivity index (χ1n) is 9.90. The first-order valence-corrected chi connectivity index (χ1v) is 12.3. The number of hydrogen-bond acceptors (Lipinski definition) is 10. The van der Waals surface area contributed by atoms with Crippen molar-refractivity contribution in [1.29, 1.82) is 0 Å². The summed E-state index contributed by atoms with van der Waals surface area (Å²) in [5.74, 6) is -0.466. The monoisotopic (exact) mass is 512 g/mol. The van der Waals surface area contributed by atoms with E-state index in [4.69, 9.17) is 8.60 Å². The Hall–Kier alpha value is -4.23. The minimum Gasteiger partial charge on any atom is -0.431 e. The van der Waals surface area contributed by atoms with E-state index in [1.54, 1.807) is 18.2 Å². The quantitative estimate of drug-likeness (QED) is 0.116. The molecule has 0 saturated heterocycles. The molecule has 0 saturated carbocycles. The second-order valence-corrected chi connectivity index (χ2v) is 9.31. The van der Waals surface area contributed by atoms with E-state index in [1.165, 1.54) is 36.5 Å². The van der Waals surface area contributed by atoms with Gasteiger partial charge in [-0.2, -0.15) is 13.5 Å².